The van der Waals surface area contributed by atoms with Crippen molar-refractivity contribution in [2.24, 2.45) is 17.3 Å². The number of carbonyl (C=O) groups is 2. The van der Waals surface area contributed by atoms with Gasteiger partial charge in [0.1, 0.15) is 5.78 Å². The first-order chi connectivity index (χ1) is 5.42. The van der Waals surface area contributed by atoms with Crippen LogP contribution in [0.15, 0.2) is 0 Å². The van der Waals surface area contributed by atoms with Gasteiger partial charge in [0.2, 0.25) is 0 Å². The Morgan fingerprint density at radius 2 is 1.83 bits per heavy atom. The topological polar surface area (TPSA) is 54.4 Å². The number of hydrogen-bond acceptors (Lipinski definition) is 2. The zero-order valence-electron chi connectivity index (χ0n) is 7.63. The van der Waals surface area contributed by atoms with Gasteiger partial charge in [-0.2, -0.15) is 0 Å². The summed E-state index contributed by atoms with van der Waals surface area (Å²) in [7, 11) is 0. The van der Waals surface area contributed by atoms with Crippen molar-refractivity contribution in [3.8, 4) is 0 Å². The van der Waals surface area contributed by atoms with Gasteiger partial charge in [0.15, 0.2) is 0 Å². The molecule has 1 aliphatic carbocycles. The van der Waals surface area contributed by atoms with Gasteiger partial charge in [-0.25, -0.2) is 0 Å². The fourth-order valence-electron chi connectivity index (χ4n) is 1.92. The van der Waals surface area contributed by atoms with Gasteiger partial charge in [-0.15, -0.1) is 0 Å². The van der Waals surface area contributed by atoms with E-state index < -0.39 is 11.9 Å². The maximum absolute atomic E-state index is 11.2. The number of Topliss-reactive ketones (excluding diaryl/α,β-unsaturated/α-hetero) is 1. The normalized spacial score (nSPS) is 31.2. The Hall–Kier alpha value is -0.860. The van der Waals surface area contributed by atoms with Gasteiger partial charge in [-0.1, -0.05) is 20.8 Å². The molecular formula is C9H14O3. The van der Waals surface area contributed by atoms with Gasteiger partial charge >= 0.3 is 5.97 Å². The molecule has 0 aromatic carbocycles. The third-order valence-corrected chi connectivity index (χ3v) is 2.79. The largest absolute Gasteiger partial charge is 0.481 e. The smallest absolute Gasteiger partial charge is 0.307 e. The summed E-state index contributed by atoms with van der Waals surface area (Å²) in [5.41, 5.74) is -0.321. The van der Waals surface area contributed by atoms with Gasteiger partial charge in [0.05, 0.1) is 5.92 Å². The Morgan fingerprint density at radius 1 is 1.33 bits per heavy atom. The van der Waals surface area contributed by atoms with Gasteiger partial charge in [0, 0.05) is 12.3 Å². The van der Waals surface area contributed by atoms with Crippen LogP contribution in [0.3, 0.4) is 0 Å². The summed E-state index contributed by atoms with van der Waals surface area (Å²) in [5.74, 6) is -1.47. The third-order valence-electron chi connectivity index (χ3n) is 2.79. The van der Waals surface area contributed by atoms with Crippen LogP contribution < -0.4 is 0 Å². The number of carbonyl (C=O) groups excluding carboxylic acids is 1. The van der Waals surface area contributed by atoms with E-state index >= 15 is 0 Å². The molecule has 1 saturated carbocycles. The average Bonchev–Trinajstić information content (AvgIpc) is 2.52. The van der Waals surface area contributed by atoms with E-state index in [0.29, 0.717) is 6.42 Å². The third kappa shape index (κ3) is 1.13. The fourth-order valence-corrected chi connectivity index (χ4v) is 1.92. The molecule has 3 heteroatoms. The summed E-state index contributed by atoms with van der Waals surface area (Å²) in [4.78, 5) is 21.9. The highest BCUT2D eigenvalue weighted by Crippen LogP contribution is 2.58. The first-order valence-electron chi connectivity index (χ1n) is 4.18. The van der Waals surface area contributed by atoms with E-state index in [-0.39, 0.29) is 17.1 Å². The summed E-state index contributed by atoms with van der Waals surface area (Å²) >= 11 is 0. The molecule has 0 aromatic rings. The van der Waals surface area contributed by atoms with Crippen molar-refractivity contribution < 1.29 is 14.7 Å². The van der Waals surface area contributed by atoms with Gasteiger partial charge in [0.25, 0.3) is 0 Å². The molecule has 1 N–H and O–H groups in total. The van der Waals surface area contributed by atoms with Crippen molar-refractivity contribution >= 4 is 11.8 Å². The van der Waals surface area contributed by atoms with Crippen molar-refractivity contribution in [2.45, 2.75) is 27.2 Å². The maximum Gasteiger partial charge on any atom is 0.307 e. The number of aliphatic carboxylic acids is 1. The van der Waals surface area contributed by atoms with E-state index in [0.717, 1.165) is 0 Å². The molecule has 0 saturated heterocycles. The molecule has 0 heterocycles. The second-order valence-electron chi connectivity index (χ2n) is 3.93. The lowest BCUT2D eigenvalue weighted by molar-refractivity contribution is -0.140. The monoisotopic (exact) mass is 170 g/mol. The molecule has 12 heavy (non-hydrogen) atoms. The number of rotatable bonds is 3. The minimum atomic E-state index is -0.841. The van der Waals surface area contributed by atoms with Crippen molar-refractivity contribution in [3.63, 3.8) is 0 Å². The maximum atomic E-state index is 11.2. The van der Waals surface area contributed by atoms with Crippen LogP contribution in [-0.4, -0.2) is 16.9 Å². The Bertz CT molecular complexity index is 230. The van der Waals surface area contributed by atoms with Crippen molar-refractivity contribution in [1.82, 2.24) is 0 Å². The molecule has 0 radical (unpaired) electrons. The molecule has 0 spiro atoms. The molecule has 68 valence electrons. The van der Waals surface area contributed by atoms with Gasteiger partial charge in [-0.05, 0) is 5.41 Å². The van der Waals surface area contributed by atoms with Crippen molar-refractivity contribution in [2.75, 3.05) is 0 Å². The lowest BCUT2D eigenvalue weighted by Gasteiger charge is -1.97. The molecule has 3 nitrogen and oxygen atoms in total. The Morgan fingerprint density at radius 3 is 2.08 bits per heavy atom. The van der Waals surface area contributed by atoms with Crippen LogP contribution in [0.1, 0.15) is 27.2 Å². The first kappa shape index (κ1) is 9.23. The second-order valence-corrected chi connectivity index (χ2v) is 3.93. The highest BCUT2D eigenvalue weighted by molar-refractivity contribution is 5.92. The van der Waals surface area contributed by atoms with Crippen LogP contribution in [-0.2, 0) is 9.59 Å². The molecule has 1 rings (SSSR count). The standard InChI is InChI=1S/C9H14O3/c1-4-5(10)6-7(8(11)12)9(6,2)3/h6-7H,4H2,1-3H3,(H,11,12)/t6-,7-/m0/s1. The fraction of sp³-hybridized carbons (Fsp3) is 0.778. The van der Waals surface area contributed by atoms with Crippen molar-refractivity contribution in [3.05, 3.63) is 0 Å². The predicted octanol–water partition coefficient (Wildman–Crippen LogP) is 1.32. The minimum Gasteiger partial charge on any atom is -0.481 e. The zero-order chi connectivity index (χ0) is 9.52. The highest BCUT2D eigenvalue weighted by atomic mass is 16.4. The van der Waals surface area contributed by atoms with E-state index in [1.54, 1.807) is 6.92 Å². The van der Waals surface area contributed by atoms with E-state index in [4.69, 9.17) is 5.11 Å². The Balaban J connectivity index is 2.73. The lowest BCUT2D eigenvalue weighted by Crippen LogP contribution is -2.06. The SMILES string of the molecule is CCC(=O)[C@H]1[C@@H](C(=O)O)C1(C)C. The molecule has 0 aliphatic heterocycles. The molecular weight excluding hydrogens is 156 g/mol. The number of carboxylic acid groups (broad SMARTS) is 1. The van der Waals surface area contributed by atoms with Crippen LogP contribution in [0, 0.1) is 17.3 Å². The van der Waals surface area contributed by atoms with Crippen LogP contribution in [0.5, 0.6) is 0 Å². The zero-order valence-corrected chi connectivity index (χ0v) is 7.63. The summed E-state index contributed by atoms with van der Waals surface area (Å²) in [6.45, 7) is 5.45. The van der Waals surface area contributed by atoms with Crippen LogP contribution in [0.2, 0.25) is 0 Å². The second kappa shape index (κ2) is 2.57. The minimum absolute atomic E-state index is 0.0763. The molecule has 0 amide bonds. The average molecular weight is 170 g/mol. The molecule has 0 bridgehead atoms. The lowest BCUT2D eigenvalue weighted by atomic mass is 10.1. The van der Waals surface area contributed by atoms with Gasteiger partial charge in [-0.3, -0.25) is 9.59 Å². The Labute approximate surface area is 71.8 Å². The quantitative estimate of drug-likeness (QED) is 0.695. The first-order valence-corrected chi connectivity index (χ1v) is 4.18. The number of ketones is 1. The van der Waals surface area contributed by atoms with Crippen LogP contribution in [0.25, 0.3) is 0 Å². The summed E-state index contributed by atoms with van der Waals surface area (Å²) in [5, 5.41) is 8.75. The van der Waals surface area contributed by atoms with E-state index in [2.05, 4.69) is 0 Å². The molecule has 0 aromatic heterocycles. The molecule has 0 unspecified atom stereocenters. The van der Waals surface area contributed by atoms with E-state index in [9.17, 15) is 9.59 Å². The number of carboxylic acids is 1. The molecule has 1 fully saturated rings. The highest BCUT2D eigenvalue weighted by Gasteiger charge is 2.64. The molecule has 1 aliphatic rings. The van der Waals surface area contributed by atoms with E-state index in [1.165, 1.54) is 0 Å². The van der Waals surface area contributed by atoms with Crippen LogP contribution in [0.4, 0.5) is 0 Å². The van der Waals surface area contributed by atoms with Crippen LogP contribution >= 0.6 is 0 Å². The van der Waals surface area contributed by atoms with E-state index in [1.807, 2.05) is 13.8 Å². The number of hydrogen-bond donors (Lipinski definition) is 1. The Kier molecular flexibility index (Phi) is 1.98. The summed E-state index contributed by atoms with van der Waals surface area (Å²) in [6, 6.07) is 0. The van der Waals surface area contributed by atoms with Crippen molar-refractivity contribution in [1.29, 1.82) is 0 Å². The molecule has 2 atom stereocenters. The predicted molar refractivity (Wildman–Crippen MR) is 43.7 cm³/mol. The summed E-state index contributed by atoms with van der Waals surface area (Å²) in [6.07, 6.45) is 0.442. The summed E-state index contributed by atoms with van der Waals surface area (Å²) < 4.78 is 0. The van der Waals surface area contributed by atoms with Gasteiger partial charge < -0.3 is 5.11 Å².